The van der Waals surface area contributed by atoms with Gasteiger partial charge in [0.1, 0.15) is 5.75 Å². The normalized spacial score (nSPS) is 11.0. The average molecular weight is 383 g/mol. The molecule has 1 N–H and O–H groups in total. The van der Waals surface area contributed by atoms with E-state index in [-0.39, 0.29) is 18.9 Å². The molecule has 0 heterocycles. The number of rotatable bonds is 7. The van der Waals surface area contributed by atoms with Crippen LogP contribution in [0.25, 0.3) is 0 Å². The summed E-state index contributed by atoms with van der Waals surface area (Å²) in [6.07, 6.45) is 1.11. The quantitative estimate of drug-likeness (QED) is 0.798. The topological polar surface area (TPSA) is 75.7 Å². The number of ether oxygens (including phenoxy) is 1. The SMILES string of the molecule is COc1cccc(N(CCC(=O)Nc2ccc(Cl)cc2)S(C)(=O)=O)c1. The van der Waals surface area contributed by atoms with Crippen LogP contribution in [0.3, 0.4) is 0 Å². The summed E-state index contributed by atoms with van der Waals surface area (Å²) in [6, 6.07) is 13.4. The number of hydrogen-bond acceptors (Lipinski definition) is 4. The standard InChI is InChI=1S/C17H19ClN2O4S/c1-24-16-5-3-4-15(12-16)20(25(2,22)23)11-10-17(21)19-14-8-6-13(18)7-9-14/h3-9,12H,10-11H2,1-2H3,(H,19,21). The Bertz CT molecular complexity index is 838. The lowest BCUT2D eigenvalue weighted by Gasteiger charge is -2.22. The molecule has 0 aliphatic rings. The van der Waals surface area contributed by atoms with E-state index in [1.807, 2.05) is 0 Å². The molecule has 0 bridgehead atoms. The van der Waals surface area contributed by atoms with E-state index in [9.17, 15) is 13.2 Å². The zero-order chi connectivity index (χ0) is 18.4. The first-order valence-corrected chi connectivity index (χ1v) is 9.69. The highest BCUT2D eigenvalue weighted by Gasteiger charge is 2.19. The van der Waals surface area contributed by atoms with Crippen LogP contribution in [0.1, 0.15) is 6.42 Å². The molecule has 0 fully saturated rings. The number of amides is 1. The van der Waals surface area contributed by atoms with Crippen LogP contribution >= 0.6 is 11.6 Å². The maximum absolute atomic E-state index is 12.1. The Morgan fingerprint density at radius 2 is 1.88 bits per heavy atom. The van der Waals surface area contributed by atoms with E-state index in [2.05, 4.69) is 5.32 Å². The number of nitrogens with zero attached hydrogens (tertiary/aromatic N) is 1. The summed E-state index contributed by atoms with van der Waals surface area (Å²) in [7, 11) is -2.03. The van der Waals surface area contributed by atoms with Crippen molar-refractivity contribution < 1.29 is 17.9 Å². The molecule has 0 atom stereocenters. The van der Waals surface area contributed by atoms with E-state index in [1.54, 1.807) is 48.5 Å². The molecule has 2 aromatic carbocycles. The first-order chi connectivity index (χ1) is 11.8. The number of methoxy groups -OCH3 is 1. The second kappa shape index (κ2) is 8.22. The van der Waals surface area contributed by atoms with Gasteiger partial charge in [-0.05, 0) is 36.4 Å². The van der Waals surface area contributed by atoms with Crippen LogP contribution in [-0.4, -0.2) is 34.2 Å². The van der Waals surface area contributed by atoms with Crippen molar-refractivity contribution in [2.45, 2.75) is 6.42 Å². The number of anilines is 2. The van der Waals surface area contributed by atoms with Gasteiger partial charge in [0.25, 0.3) is 0 Å². The summed E-state index contributed by atoms with van der Waals surface area (Å²) < 4.78 is 30.5. The third-order valence-corrected chi connectivity index (χ3v) is 4.86. The summed E-state index contributed by atoms with van der Waals surface area (Å²) in [5, 5.41) is 3.27. The lowest BCUT2D eigenvalue weighted by molar-refractivity contribution is -0.116. The minimum atomic E-state index is -3.54. The Balaban J connectivity index is 2.07. The number of halogens is 1. The minimum Gasteiger partial charge on any atom is -0.497 e. The van der Waals surface area contributed by atoms with Crippen LogP contribution in [-0.2, 0) is 14.8 Å². The molecular weight excluding hydrogens is 364 g/mol. The summed E-state index contributed by atoms with van der Waals surface area (Å²) in [6.45, 7) is 0.0193. The maximum Gasteiger partial charge on any atom is 0.232 e. The molecule has 2 rings (SSSR count). The van der Waals surface area contributed by atoms with Gasteiger partial charge in [-0.3, -0.25) is 9.10 Å². The van der Waals surface area contributed by atoms with Crippen LogP contribution in [0, 0.1) is 0 Å². The third kappa shape index (κ3) is 5.65. The van der Waals surface area contributed by atoms with Crippen molar-refractivity contribution in [2.24, 2.45) is 0 Å². The molecule has 0 saturated carbocycles. The largest absolute Gasteiger partial charge is 0.497 e. The Kier molecular flexibility index (Phi) is 6.27. The molecule has 1 amide bonds. The Morgan fingerprint density at radius 1 is 1.20 bits per heavy atom. The van der Waals surface area contributed by atoms with Crippen molar-refractivity contribution in [3.8, 4) is 5.75 Å². The molecular formula is C17H19ClN2O4S. The first-order valence-electron chi connectivity index (χ1n) is 7.47. The summed E-state index contributed by atoms with van der Waals surface area (Å²) in [5.74, 6) is 0.246. The molecule has 25 heavy (non-hydrogen) atoms. The molecule has 0 aliphatic heterocycles. The number of sulfonamides is 1. The monoisotopic (exact) mass is 382 g/mol. The Morgan fingerprint density at radius 3 is 2.48 bits per heavy atom. The number of hydrogen-bond donors (Lipinski definition) is 1. The average Bonchev–Trinajstić information content (AvgIpc) is 2.56. The fourth-order valence-corrected chi connectivity index (χ4v) is 3.26. The van der Waals surface area contributed by atoms with E-state index in [0.29, 0.717) is 22.1 Å². The van der Waals surface area contributed by atoms with Crippen LogP contribution in [0.4, 0.5) is 11.4 Å². The van der Waals surface area contributed by atoms with Crippen LogP contribution in [0.2, 0.25) is 5.02 Å². The molecule has 6 nitrogen and oxygen atoms in total. The van der Waals surface area contributed by atoms with E-state index < -0.39 is 10.0 Å². The molecule has 134 valence electrons. The molecule has 2 aromatic rings. The number of nitrogens with one attached hydrogen (secondary N) is 1. The van der Waals surface area contributed by atoms with Crippen molar-refractivity contribution in [1.29, 1.82) is 0 Å². The van der Waals surface area contributed by atoms with E-state index >= 15 is 0 Å². The zero-order valence-corrected chi connectivity index (χ0v) is 15.5. The smallest absolute Gasteiger partial charge is 0.232 e. The Hall–Kier alpha value is -2.25. The van der Waals surface area contributed by atoms with Crippen molar-refractivity contribution >= 4 is 38.9 Å². The van der Waals surface area contributed by atoms with Gasteiger partial charge in [0, 0.05) is 29.7 Å². The molecule has 0 unspecified atom stereocenters. The van der Waals surface area contributed by atoms with Gasteiger partial charge >= 0.3 is 0 Å². The minimum absolute atomic E-state index is 0.00685. The predicted molar refractivity (Wildman–Crippen MR) is 99.9 cm³/mol. The lowest BCUT2D eigenvalue weighted by atomic mass is 10.2. The van der Waals surface area contributed by atoms with Gasteiger partial charge in [-0.15, -0.1) is 0 Å². The fraction of sp³-hybridized carbons (Fsp3) is 0.235. The van der Waals surface area contributed by atoms with Gasteiger partial charge in [-0.1, -0.05) is 17.7 Å². The predicted octanol–water partition coefficient (Wildman–Crippen LogP) is 3.14. The highest BCUT2D eigenvalue weighted by molar-refractivity contribution is 7.92. The van der Waals surface area contributed by atoms with Gasteiger partial charge in [0.2, 0.25) is 15.9 Å². The number of carbonyl (C=O) groups excluding carboxylic acids is 1. The van der Waals surface area contributed by atoms with E-state index in [1.165, 1.54) is 11.4 Å². The van der Waals surface area contributed by atoms with Crippen molar-refractivity contribution in [1.82, 2.24) is 0 Å². The molecule has 0 aromatic heterocycles. The maximum atomic E-state index is 12.1. The van der Waals surface area contributed by atoms with Gasteiger partial charge in [-0.2, -0.15) is 0 Å². The van der Waals surface area contributed by atoms with Crippen LogP contribution < -0.4 is 14.4 Å². The second-order valence-corrected chi connectivity index (χ2v) is 7.68. The third-order valence-electron chi connectivity index (χ3n) is 3.41. The van der Waals surface area contributed by atoms with Crippen LogP contribution in [0.5, 0.6) is 5.75 Å². The first kappa shape index (κ1) is 19.1. The van der Waals surface area contributed by atoms with Gasteiger partial charge in [-0.25, -0.2) is 8.42 Å². The lowest BCUT2D eigenvalue weighted by Crippen LogP contribution is -2.33. The van der Waals surface area contributed by atoms with Gasteiger partial charge in [0.15, 0.2) is 0 Å². The highest BCUT2D eigenvalue weighted by Crippen LogP contribution is 2.23. The van der Waals surface area contributed by atoms with E-state index in [4.69, 9.17) is 16.3 Å². The fourth-order valence-electron chi connectivity index (χ4n) is 2.21. The molecule has 0 spiro atoms. The Labute approximate surface area is 152 Å². The van der Waals surface area contributed by atoms with Gasteiger partial charge < -0.3 is 10.1 Å². The molecule has 8 heteroatoms. The molecule has 0 saturated heterocycles. The van der Waals surface area contributed by atoms with Crippen molar-refractivity contribution in [3.63, 3.8) is 0 Å². The van der Waals surface area contributed by atoms with Crippen molar-refractivity contribution in [2.75, 3.05) is 29.5 Å². The number of benzene rings is 2. The van der Waals surface area contributed by atoms with Gasteiger partial charge in [0.05, 0.1) is 19.1 Å². The second-order valence-electron chi connectivity index (χ2n) is 5.34. The summed E-state index contributed by atoms with van der Waals surface area (Å²) in [4.78, 5) is 12.1. The van der Waals surface area contributed by atoms with E-state index in [0.717, 1.165) is 6.26 Å². The summed E-state index contributed by atoms with van der Waals surface area (Å²) in [5.41, 5.74) is 1.04. The molecule has 0 radical (unpaired) electrons. The van der Waals surface area contributed by atoms with Crippen LogP contribution in [0.15, 0.2) is 48.5 Å². The molecule has 0 aliphatic carbocycles. The zero-order valence-electron chi connectivity index (χ0n) is 13.9. The van der Waals surface area contributed by atoms with Crippen molar-refractivity contribution in [3.05, 3.63) is 53.6 Å². The highest BCUT2D eigenvalue weighted by atomic mass is 35.5. The summed E-state index contributed by atoms with van der Waals surface area (Å²) >= 11 is 5.80. The number of carbonyl (C=O) groups is 1.